The van der Waals surface area contributed by atoms with Crippen LogP contribution in [0.4, 0.5) is 5.69 Å². The zero-order chi connectivity index (χ0) is 13.4. The van der Waals surface area contributed by atoms with Gasteiger partial charge in [-0.1, -0.05) is 6.07 Å². The summed E-state index contributed by atoms with van der Waals surface area (Å²) in [7, 11) is 1.73. The molecule has 2 N–H and O–H groups in total. The SMILES string of the molecule is COc1cccc(N(CC2CC2)C2CC2)c1[C@@H](C)N. The van der Waals surface area contributed by atoms with E-state index in [0.717, 1.165) is 23.3 Å². The van der Waals surface area contributed by atoms with Crippen LogP contribution >= 0.6 is 0 Å². The van der Waals surface area contributed by atoms with Gasteiger partial charge in [0.05, 0.1) is 7.11 Å². The second-order valence-electron chi connectivity index (χ2n) is 6.01. The Hall–Kier alpha value is -1.22. The number of ether oxygens (including phenoxy) is 1. The average molecular weight is 260 g/mol. The Morgan fingerprint density at radius 3 is 2.58 bits per heavy atom. The van der Waals surface area contributed by atoms with Gasteiger partial charge < -0.3 is 15.4 Å². The fraction of sp³-hybridized carbons (Fsp3) is 0.625. The summed E-state index contributed by atoms with van der Waals surface area (Å²) in [5.41, 5.74) is 8.65. The van der Waals surface area contributed by atoms with E-state index in [9.17, 15) is 0 Å². The minimum absolute atomic E-state index is 0.00611. The van der Waals surface area contributed by atoms with Gasteiger partial charge in [-0.3, -0.25) is 0 Å². The van der Waals surface area contributed by atoms with Crippen LogP contribution in [0.5, 0.6) is 5.75 Å². The van der Waals surface area contributed by atoms with Crippen molar-refractivity contribution >= 4 is 5.69 Å². The van der Waals surface area contributed by atoms with Crippen LogP contribution in [0, 0.1) is 5.92 Å². The number of nitrogens with zero attached hydrogens (tertiary/aromatic N) is 1. The third kappa shape index (κ3) is 2.71. The van der Waals surface area contributed by atoms with Gasteiger partial charge in [-0.2, -0.15) is 0 Å². The number of rotatable bonds is 6. The number of nitrogens with two attached hydrogens (primary N) is 1. The van der Waals surface area contributed by atoms with Crippen molar-refractivity contribution < 1.29 is 4.74 Å². The van der Waals surface area contributed by atoms with Crippen LogP contribution in [0.1, 0.15) is 44.2 Å². The van der Waals surface area contributed by atoms with Crippen LogP contribution in [0.15, 0.2) is 18.2 Å². The molecule has 104 valence electrons. The van der Waals surface area contributed by atoms with E-state index < -0.39 is 0 Å². The first kappa shape index (κ1) is 12.8. The van der Waals surface area contributed by atoms with Gasteiger partial charge in [0.1, 0.15) is 5.75 Å². The Kier molecular flexibility index (Phi) is 3.40. The normalized spacial score (nSPS) is 20.2. The molecule has 2 saturated carbocycles. The molecule has 0 aliphatic heterocycles. The molecule has 0 radical (unpaired) electrons. The molecule has 2 fully saturated rings. The smallest absolute Gasteiger partial charge is 0.125 e. The lowest BCUT2D eigenvalue weighted by atomic mass is 10.0. The lowest BCUT2D eigenvalue weighted by molar-refractivity contribution is 0.407. The van der Waals surface area contributed by atoms with E-state index in [0.29, 0.717) is 0 Å². The van der Waals surface area contributed by atoms with E-state index in [-0.39, 0.29) is 6.04 Å². The van der Waals surface area contributed by atoms with Crippen molar-refractivity contribution in [2.24, 2.45) is 11.7 Å². The molecule has 0 unspecified atom stereocenters. The third-order valence-electron chi connectivity index (χ3n) is 4.17. The molecule has 1 aromatic carbocycles. The molecular weight excluding hydrogens is 236 g/mol. The van der Waals surface area contributed by atoms with Crippen LogP contribution in [0.2, 0.25) is 0 Å². The topological polar surface area (TPSA) is 38.5 Å². The highest BCUT2D eigenvalue weighted by atomic mass is 16.5. The zero-order valence-electron chi connectivity index (χ0n) is 11.9. The van der Waals surface area contributed by atoms with Crippen molar-refractivity contribution in [1.29, 1.82) is 0 Å². The van der Waals surface area contributed by atoms with Crippen molar-refractivity contribution in [3.05, 3.63) is 23.8 Å². The summed E-state index contributed by atoms with van der Waals surface area (Å²) in [5.74, 6) is 1.82. The fourth-order valence-electron chi connectivity index (χ4n) is 2.83. The predicted molar refractivity (Wildman–Crippen MR) is 78.7 cm³/mol. The average Bonchev–Trinajstić information content (AvgIpc) is 3.27. The molecule has 3 nitrogen and oxygen atoms in total. The van der Waals surface area contributed by atoms with E-state index >= 15 is 0 Å². The standard InChI is InChI=1S/C16H24N2O/c1-11(17)16-14(4-3-5-15(16)19-2)18(13-8-9-13)10-12-6-7-12/h3-5,11-13H,6-10,17H2,1-2H3/t11-/m1/s1. The molecule has 0 heterocycles. The molecule has 0 saturated heterocycles. The number of anilines is 1. The molecule has 0 spiro atoms. The number of methoxy groups -OCH3 is 1. The molecule has 19 heavy (non-hydrogen) atoms. The van der Waals surface area contributed by atoms with Crippen molar-refractivity contribution in [1.82, 2.24) is 0 Å². The van der Waals surface area contributed by atoms with Crippen molar-refractivity contribution in [3.63, 3.8) is 0 Å². The molecule has 0 amide bonds. The second-order valence-corrected chi connectivity index (χ2v) is 6.01. The van der Waals surface area contributed by atoms with Crippen LogP contribution in [0.25, 0.3) is 0 Å². The van der Waals surface area contributed by atoms with E-state index in [4.69, 9.17) is 10.5 Å². The monoisotopic (exact) mass is 260 g/mol. The summed E-state index contributed by atoms with van der Waals surface area (Å²) in [6.45, 7) is 3.24. The first-order chi connectivity index (χ1) is 9.20. The Morgan fingerprint density at radius 1 is 1.32 bits per heavy atom. The number of benzene rings is 1. The molecule has 0 bridgehead atoms. The van der Waals surface area contributed by atoms with Gasteiger partial charge in [-0.25, -0.2) is 0 Å². The third-order valence-corrected chi connectivity index (χ3v) is 4.17. The van der Waals surface area contributed by atoms with Crippen molar-refractivity contribution in [2.75, 3.05) is 18.6 Å². The lowest BCUT2D eigenvalue weighted by Gasteiger charge is -2.29. The van der Waals surface area contributed by atoms with Gasteiger partial charge >= 0.3 is 0 Å². The summed E-state index contributed by atoms with van der Waals surface area (Å²) in [6.07, 6.45) is 5.42. The summed E-state index contributed by atoms with van der Waals surface area (Å²) in [6, 6.07) is 7.05. The van der Waals surface area contributed by atoms with Crippen LogP contribution in [0.3, 0.4) is 0 Å². The van der Waals surface area contributed by atoms with Gasteiger partial charge in [-0.05, 0) is 50.7 Å². The molecule has 3 rings (SSSR count). The lowest BCUT2D eigenvalue weighted by Crippen LogP contribution is -2.30. The number of hydrogen-bond acceptors (Lipinski definition) is 3. The highest BCUT2D eigenvalue weighted by molar-refractivity contribution is 5.62. The molecule has 3 heteroatoms. The summed E-state index contributed by atoms with van der Waals surface area (Å²) < 4.78 is 5.51. The Bertz CT molecular complexity index is 450. The molecule has 1 aromatic rings. The highest BCUT2D eigenvalue weighted by Crippen LogP contribution is 2.42. The van der Waals surface area contributed by atoms with Gasteiger partial charge in [0.2, 0.25) is 0 Å². The van der Waals surface area contributed by atoms with Crippen LogP contribution < -0.4 is 15.4 Å². The summed E-state index contributed by atoms with van der Waals surface area (Å²) in [5, 5.41) is 0. The minimum Gasteiger partial charge on any atom is -0.496 e. The van der Waals surface area contributed by atoms with Gasteiger partial charge in [0.25, 0.3) is 0 Å². The van der Waals surface area contributed by atoms with E-state index in [1.165, 1.54) is 37.9 Å². The van der Waals surface area contributed by atoms with Gasteiger partial charge in [0.15, 0.2) is 0 Å². The predicted octanol–water partition coefficient (Wildman–Crippen LogP) is 3.09. The zero-order valence-corrected chi connectivity index (χ0v) is 11.9. The van der Waals surface area contributed by atoms with Crippen molar-refractivity contribution in [3.8, 4) is 5.75 Å². The number of hydrogen-bond donors (Lipinski definition) is 1. The maximum absolute atomic E-state index is 6.19. The van der Waals surface area contributed by atoms with E-state index in [1.54, 1.807) is 7.11 Å². The van der Waals surface area contributed by atoms with E-state index in [1.807, 2.05) is 13.0 Å². The highest BCUT2D eigenvalue weighted by Gasteiger charge is 2.35. The quantitative estimate of drug-likeness (QED) is 0.854. The minimum atomic E-state index is 0.00611. The summed E-state index contributed by atoms with van der Waals surface area (Å²) >= 11 is 0. The first-order valence-electron chi connectivity index (χ1n) is 7.40. The first-order valence-corrected chi connectivity index (χ1v) is 7.40. The molecule has 0 aromatic heterocycles. The summed E-state index contributed by atoms with van der Waals surface area (Å²) in [4.78, 5) is 2.58. The Balaban J connectivity index is 1.95. The maximum Gasteiger partial charge on any atom is 0.125 e. The fourth-order valence-corrected chi connectivity index (χ4v) is 2.83. The maximum atomic E-state index is 6.19. The Labute approximate surface area is 115 Å². The van der Waals surface area contributed by atoms with Crippen LogP contribution in [-0.4, -0.2) is 19.7 Å². The van der Waals surface area contributed by atoms with Gasteiger partial charge in [-0.15, -0.1) is 0 Å². The second kappa shape index (κ2) is 5.04. The van der Waals surface area contributed by atoms with Crippen molar-refractivity contribution in [2.45, 2.75) is 44.7 Å². The van der Waals surface area contributed by atoms with E-state index in [2.05, 4.69) is 17.0 Å². The molecule has 2 aliphatic carbocycles. The molecule has 2 aliphatic rings. The largest absolute Gasteiger partial charge is 0.496 e. The molecule has 1 atom stereocenters. The Morgan fingerprint density at radius 2 is 2.05 bits per heavy atom. The van der Waals surface area contributed by atoms with Gasteiger partial charge in [0, 0.05) is 29.9 Å². The van der Waals surface area contributed by atoms with Crippen LogP contribution in [-0.2, 0) is 0 Å². The molecular formula is C16H24N2O.